The van der Waals surface area contributed by atoms with Crippen LogP contribution in [0.3, 0.4) is 0 Å². The number of methoxy groups -OCH3 is 4. The highest BCUT2D eigenvalue weighted by Crippen LogP contribution is 2.38. The number of esters is 1. The van der Waals surface area contributed by atoms with Crippen molar-refractivity contribution in [1.82, 2.24) is 4.90 Å². The van der Waals surface area contributed by atoms with Crippen molar-refractivity contribution in [1.29, 1.82) is 0 Å². The molecule has 0 saturated carbocycles. The lowest BCUT2D eigenvalue weighted by molar-refractivity contribution is -0.147. The molecule has 0 bridgehead atoms. The van der Waals surface area contributed by atoms with Gasteiger partial charge in [0.05, 0.1) is 35.0 Å². The van der Waals surface area contributed by atoms with Crippen molar-refractivity contribution in [2.45, 2.75) is 19.9 Å². The van der Waals surface area contributed by atoms with Gasteiger partial charge >= 0.3 is 5.97 Å². The summed E-state index contributed by atoms with van der Waals surface area (Å²) in [5.41, 5.74) is 0.609. The molecule has 1 amide bonds. The summed E-state index contributed by atoms with van der Waals surface area (Å²) in [4.78, 5) is 40.4. The maximum atomic E-state index is 13.3. The van der Waals surface area contributed by atoms with Crippen molar-refractivity contribution in [2.24, 2.45) is 5.92 Å². The maximum absolute atomic E-state index is 13.3. The van der Waals surface area contributed by atoms with Gasteiger partial charge in [0.25, 0.3) is 5.91 Å². The van der Waals surface area contributed by atoms with Crippen LogP contribution < -0.4 is 14.2 Å². The molecule has 2 aromatic carbocycles. The van der Waals surface area contributed by atoms with Gasteiger partial charge in [-0.2, -0.15) is 0 Å². The lowest BCUT2D eigenvalue weighted by atomic mass is 9.99. The first-order chi connectivity index (χ1) is 15.3. The van der Waals surface area contributed by atoms with Gasteiger partial charge in [-0.15, -0.1) is 0 Å². The minimum Gasteiger partial charge on any atom is -0.493 e. The molecule has 8 nitrogen and oxygen atoms in total. The first-order valence-corrected chi connectivity index (χ1v) is 10.1. The number of benzene rings is 2. The van der Waals surface area contributed by atoms with Gasteiger partial charge in [0.2, 0.25) is 5.75 Å². The molecule has 0 aliphatic rings. The van der Waals surface area contributed by atoms with E-state index in [4.69, 9.17) is 18.9 Å². The monoisotopic (exact) mass is 443 g/mol. The Hall–Kier alpha value is -3.55. The fourth-order valence-corrected chi connectivity index (χ4v) is 3.41. The smallest absolute Gasteiger partial charge is 0.328 e. The third kappa shape index (κ3) is 5.38. The second kappa shape index (κ2) is 11.2. The predicted molar refractivity (Wildman–Crippen MR) is 119 cm³/mol. The van der Waals surface area contributed by atoms with Crippen LogP contribution >= 0.6 is 0 Å². The van der Waals surface area contributed by atoms with E-state index in [-0.39, 0.29) is 18.0 Å². The average molecular weight is 443 g/mol. The van der Waals surface area contributed by atoms with Crippen LogP contribution in [0.15, 0.2) is 42.5 Å². The van der Waals surface area contributed by atoms with E-state index < -0.39 is 23.7 Å². The number of hydrogen-bond acceptors (Lipinski definition) is 7. The standard InChI is InChI=1S/C24H29NO7/c1-15(2)21(24(28)32-6)25(23(27)16-10-8-7-9-11-16)14-18(26)17-12-19(29-3)22(31-5)20(13-17)30-4/h7-13,15,21H,14H2,1-6H3. The molecule has 0 heterocycles. The van der Waals surface area contributed by atoms with Crippen molar-refractivity contribution in [3.05, 3.63) is 53.6 Å². The third-order valence-corrected chi connectivity index (χ3v) is 4.99. The van der Waals surface area contributed by atoms with Gasteiger partial charge in [0, 0.05) is 11.1 Å². The molecule has 1 atom stereocenters. The van der Waals surface area contributed by atoms with Crippen molar-refractivity contribution in [3.8, 4) is 17.2 Å². The first kappa shape index (κ1) is 24.7. The molecular weight excluding hydrogens is 414 g/mol. The quantitative estimate of drug-likeness (QED) is 0.411. The van der Waals surface area contributed by atoms with E-state index in [0.717, 1.165) is 0 Å². The number of ketones is 1. The van der Waals surface area contributed by atoms with Gasteiger partial charge < -0.3 is 23.8 Å². The first-order valence-electron chi connectivity index (χ1n) is 10.1. The molecule has 32 heavy (non-hydrogen) atoms. The van der Waals surface area contributed by atoms with Crippen molar-refractivity contribution in [2.75, 3.05) is 35.0 Å². The lowest BCUT2D eigenvalue weighted by Gasteiger charge is -2.32. The molecule has 8 heteroatoms. The molecule has 0 radical (unpaired) electrons. The zero-order valence-electron chi connectivity index (χ0n) is 19.2. The fraction of sp³-hybridized carbons (Fsp3) is 0.375. The summed E-state index contributed by atoms with van der Waals surface area (Å²) >= 11 is 0. The molecule has 2 rings (SSSR count). The van der Waals surface area contributed by atoms with Gasteiger partial charge in [-0.25, -0.2) is 4.79 Å². The molecule has 0 N–H and O–H groups in total. The summed E-state index contributed by atoms with van der Waals surface area (Å²) in [5, 5.41) is 0. The Bertz CT molecular complexity index is 931. The van der Waals surface area contributed by atoms with Crippen LogP contribution in [0.1, 0.15) is 34.6 Å². The normalized spacial score (nSPS) is 11.5. The van der Waals surface area contributed by atoms with Crippen molar-refractivity contribution in [3.63, 3.8) is 0 Å². The summed E-state index contributed by atoms with van der Waals surface area (Å²) in [6.45, 7) is 3.23. The van der Waals surface area contributed by atoms with Crippen LogP contribution in [-0.2, 0) is 9.53 Å². The molecule has 0 aromatic heterocycles. The minimum absolute atomic E-state index is 0.248. The molecule has 0 aliphatic carbocycles. The number of nitrogens with zero attached hydrogens (tertiary/aromatic N) is 1. The van der Waals surface area contributed by atoms with Gasteiger partial charge in [0.15, 0.2) is 17.3 Å². The number of carbonyl (C=O) groups excluding carboxylic acids is 3. The Morgan fingerprint density at radius 1 is 0.844 bits per heavy atom. The highest BCUT2D eigenvalue weighted by molar-refractivity contribution is 6.04. The highest BCUT2D eigenvalue weighted by atomic mass is 16.5. The fourth-order valence-electron chi connectivity index (χ4n) is 3.41. The van der Waals surface area contributed by atoms with E-state index in [1.165, 1.54) is 45.5 Å². The molecular formula is C24H29NO7. The molecule has 0 fully saturated rings. The van der Waals surface area contributed by atoms with Crippen LogP contribution in [0.4, 0.5) is 0 Å². The van der Waals surface area contributed by atoms with E-state index in [0.29, 0.717) is 22.8 Å². The van der Waals surface area contributed by atoms with E-state index in [1.54, 1.807) is 44.2 Å². The SMILES string of the molecule is COC(=O)C(C(C)C)N(CC(=O)c1cc(OC)c(OC)c(OC)c1)C(=O)c1ccccc1. The van der Waals surface area contributed by atoms with Crippen LogP contribution in [0.2, 0.25) is 0 Å². The zero-order valence-corrected chi connectivity index (χ0v) is 19.2. The molecule has 0 spiro atoms. The summed E-state index contributed by atoms with van der Waals surface area (Å²) in [6, 6.07) is 10.6. The van der Waals surface area contributed by atoms with E-state index in [2.05, 4.69) is 0 Å². The Labute approximate surface area is 188 Å². The van der Waals surface area contributed by atoms with Crippen LogP contribution in [0.25, 0.3) is 0 Å². The second-order valence-corrected chi connectivity index (χ2v) is 7.35. The maximum Gasteiger partial charge on any atom is 0.328 e. The molecule has 172 valence electrons. The van der Waals surface area contributed by atoms with E-state index >= 15 is 0 Å². The van der Waals surface area contributed by atoms with Gasteiger partial charge in [0.1, 0.15) is 6.04 Å². The minimum atomic E-state index is -0.946. The topological polar surface area (TPSA) is 91.4 Å². The lowest BCUT2D eigenvalue weighted by Crippen LogP contribution is -2.50. The second-order valence-electron chi connectivity index (χ2n) is 7.35. The average Bonchev–Trinajstić information content (AvgIpc) is 2.81. The summed E-state index contributed by atoms with van der Waals surface area (Å²) in [7, 11) is 5.61. The summed E-state index contributed by atoms with van der Waals surface area (Å²) in [5.74, 6) is -0.768. The Morgan fingerprint density at radius 2 is 1.41 bits per heavy atom. The Balaban J connectivity index is 2.50. The Morgan fingerprint density at radius 3 is 1.84 bits per heavy atom. The number of carbonyl (C=O) groups is 3. The number of rotatable bonds is 10. The number of amides is 1. The molecule has 0 saturated heterocycles. The molecule has 0 aliphatic heterocycles. The van der Waals surface area contributed by atoms with Crippen molar-refractivity contribution < 1.29 is 33.3 Å². The van der Waals surface area contributed by atoms with E-state index in [9.17, 15) is 14.4 Å². The highest BCUT2D eigenvalue weighted by Gasteiger charge is 2.35. The zero-order chi connectivity index (χ0) is 23.8. The summed E-state index contributed by atoms with van der Waals surface area (Å²) in [6.07, 6.45) is 0. The molecule has 2 aromatic rings. The number of ether oxygens (including phenoxy) is 4. The molecule has 1 unspecified atom stereocenters. The Kier molecular flexibility index (Phi) is 8.63. The van der Waals surface area contributed by atoms with Crippen LogP contribution in [-0.4, -0.2) is 63.6 Å². The van der Waals surface area contributed by atoms with Crippen LogP contribution in [0, 0.1) is 5.92 Å². The van der Waals surface area contributed by atoms with Crippen LogP contribution in [0.5, 0.6) is 17.2 Å². The van der Waals surface area contributed by atoms with E-state index in [1.807, 2.05) is 0 Å². The number of hydrogen-bond donors (Lipinski definition) is 0. The summed E-state index contributed by atoms with van der Waals surface area (Å²) < 4.78 is 20.9. The van der Waals surface area contributed by atoms with Gasteiger partial charge in [-0.3, -0.25) is 9.59 Å². The number of Topliss-reactive ketones (excluding diaryl/α,β-unsaturated/α-hetero) is 1. The van der Waals surface area contributed by atoms with Gasteiger partial charge in [-0.1, -0.05) is 32.0 Å². The van der Waals surface area contributed by atoms with Crippen molar-refractivity contribution >= 4 is 17.7 Å². The third-order valence-electron chi connectivity index (χ3n) is 4.99. The van der Waals surface area contributed by atoms with Gasteiger partial charge in [-0.05, 0) is 30.2 Å². The largest absolute Gasteiger partial charge is 0.493 e. The predicted octanol–water partition coefficient (Wildman–Crippen LogP) is 3.24.